The van der Waals surface area contributed by atoms with E-state index >= 15 is 0 Å². The minimum Gasteiger partial charge on any atom is -0.508 e. The summed E-state index contributed by atoms with van der Waals surface area (Å²) in [6, 6.07) is 9.03. The van der Waals surface area contributed by atoms with E-state index in [1.165, 1.54) is 24.3 Å². The molecule has 0 saturated heterocycles. The van der Waals surface area contributed by atoms with Crippen molar-refractivity contribution < 1.29 is 13.5 Å². The predicted molar refractivity (Wildman–Crippen MR) is 82.8 cm³/mol. The van der Waals surface area contributed by atoms with E-state index in [-0.39, 0.29) is 21.5 Å². The van der Waals surface area contributed by atoms with Gasteiger partial charge in [0.1, 0.15) is 10.6 Å². The van der Waals surface area contributed by atoms with Crippen molar-refractivity contribution in [1.82, 2.24) is 9.61 Å². The summed E-state index contributed by atoms with van der Waals surface area (Å²) in [4.78, 5) is 0.436. The van der Waals surface area contributed by atoms with Gasteiger partial charge < -0.3 is 5.11 Å². The van der Waals surface area contributed by atoms with E-state index in [1.54, 1.807) is 29.0 Å². The quantitative estimate of drug-likeness (QED) is 0.806. The summed E-state index contributed by atoms with van der Waals surface area (Å²) in [7, 11) is -3.69. The molecule has 2 aromatic heterocycles. The van der Waals surface area contributed by atoms with Gasteiger partial charge in [0.2, 0.25) is 9.84 Å². The van der Waals surface area contributed by atoms with Crippen molar-refractivity contribution in [2.24, 2.45) is 0 Å². The van der Waals surface area contributed by atoms with Gasteiger partial charge >= 0.3 is 0 Å². The van der Waals surface area contributed by atoms with E-state index in [0.717, 1.165) is 5.56 Å². The first-order valence-corrected chi connectivity index (χ1v) is 8.40. The molecule has 1 N–H and O–H groups in total. The van der Waals surface area contributed by atoms with Crippen molar-refractivity contribution in [2.45, 2.75) is 29.6 Å². The van der Waals surface area contributed by atoms with Crippen molar-refractivity contribution in [1.29, 1.82) is 0 Å². The molecular weight excluding hydrogens is 300 g/mol. The molecule has 0 aliphatic carbocycles. The molecule has 0 saturated carbocycles. The number of hydrogen-bond donors (Lipinski definition) is 1. The van der Waals surface area contributed by atoms with Gasteiger partial charge in [-0.15, -0.1) is 0 Å². The molecule has 2 heterocycles. The van der Waals surface area contributed by atoms with Crippen molar-refractivity contribution >= 4 is 15.4 Å². The Morgan fingerprint density at radius 2 is 1.82 bits per heavy atom. The maximum atomic E-state index is 13.0. The third-order valence-electron chi connectivity index (χ3n) is 3.57. The van der Waals surface area contributed by atoms with E-state index in [9.17, 15) is 13.5 Å². The van der Waals surface area contributed by atoms with Gasteiger partial charge in [0, 0.05) is 12.4 Å². The number of rotatable bonds is 3. The molecule has 0 atom stereocenters. The lowest BCUT2D eigenvalue weighted by Gasteiger charge is -2.09. The van der Waals surface area contributed by atoms with Crippen LogP contribution in [-0.2, 0) is 9.84 Å². The van der Waals surface area contributed by atoms with Crippen molar-refractivity contribution in [3.63, 3.8) is 0 Å². The second kappa shape index (κ2) is 5.14. The highest BCUT2D eigenvalue weighted by molar-refractivity contribution is 7.91. The van der Waals surface area contributed by atoms with Crippen LogP contribution in [0.5, 0.6) is 5.75 Å². The highest BCUT2D eigenvalue weighted by Crippen LogP contribution is 2.33. The molecule has 114 valence electrons. The Bertz CT molecular complexity index is 926. The molecule has 1 aromatic carbocycles. The number of aromatic nitrogens is 2. The summed E-state index contributed by atoms with van der Waals surface area (Å²) >= 11 is 0. The Hall–Kier alpha value is -2.34. The van der Waals surface area contributed by atoms with Gasteiger partial charge in [0.25, 0.3) is 0 Å². The highest BCUT2D eigenvalue weighted by Gasteiger charge is 2.27. The summed E-state index contributed by atoms with van der Waals surface area (Å²) in [5.41, 5.74) is 1.28. The van der Waals surface area contributed by atoms with Crippen LogP contribution < -0.4 is 0 Å². The third-order valence-corrected chi connectivity index (χ3v) is 5.45. The molecule has 0 bridgehead atoms. The Kier molecular flexibility index (Phi) is 3.41. The zero-order valence-corrected chi connectivity index (χ0v) is 13.1. The number of aromatic hydroxyl groups is 1. The van der Waals surface area contributed by atoms with Crippen LogP contribution >= 0.6 is 0 Å². The van der Waals surface area contributed by atoms with Crippen LogP contribution in [-0.4, -0.2) is 23.1 Å². The fourth-order valence-electron chi connectivity index (χ4n) is 2.45. The maximum absolute atomic E-state index is 13.0. The van der Waals surface area contributed by atoms with E-state index in [2.05, 4.69) is 5.10 Å². The molecule has 0 aliphatic heterocycles. The van der Waals surface area contributed by atoms with Gasteiger partial charge in [-0.1, -0.05) is 13.8 Å². The molecule has 0 spiro atoms. The summed E-state index contributed by atoms with van der Waals surface area (Å²) in [5, 5.41) is 13.5. The SMILES string of the molecule is CC(C)c1cn2ncccc2c1S(=O)(=O)c1ccc(O)cc1. The van der Waals surface area contributed by atoms with Gasteiger partial charge in [-0.3, -0.25) is 0 Å². The molecule has 0 radical (unpaired) electrons. The molecule has 3 aromatic rings. The van der Waals surface area contributed by atoms with Gasteiger partial charge in [0.05, 0.1) is 10.4 Å². The van der Waals surface area contributed by atoms with E-state index < -0.39 is 9.84 Å². The summed E-state index contributed by atoms with van der Waals surface area (Å²) in [6.45, 7) is 3.90. The third kappa shape index (κ3) is 2.25. The van der Waals surface area contributed by atoms with E-state index in [0.29, 0.717) is 5.52 Å². The zero-order valence-electron chi connectivity index (χ0n) is 12.3. The minimum atomic E-state index is -3.69. The summed E-state index contributed by atoms with van der Waals surface area (Å²) < 4.78 is 27.6. The fraction of sp³-hybridized carbons (Fsp3) is 0.188. The van der Waals surface area contributed by atoms with Crippen LogP contribution in [0.15, 0.2) is 58.6 Å². The standard InChI is InChI=1S/C16H16N2O3S/c1-11(2)14-10-18-15(4-3-9-17-18)16(14)22(20,21)13-7-5-12(19)6-8-13/h3-11,19H,1-2H3. The summed E-state index contributed by atoms with van der Waals surface area (Å²) in [6.07, 6.45) is 3.38. The zero-order chi connectivity index (χ0) is 15.9. The molecule has 6 heteroatoms. The smallest absolute Gasteiger partial charge is 0.209 e. The fourth-order valence-corrected chi connectivity index (χ4v) is 4.22. The average Bonchev–Trinajstić information content (AvgIpc) is 2.88. The highest BCUT2D eigenvalue weighted by atomic mass is 32.2. The lowest BCUT2D eigenvalue weighted by molar-refractivity contribution is 0.475. The van der Waals surface area contributed by atoms with Gasteiger partial charge in [0.15, 0.2) is 0 Å². The van der Waals surface area contributed by atoms with Crippen LogP contribution in [0.2, 0.25) is 0 Å². The number of phenols is 1. The Balaban J connectivity index is 2.32. The lowest BCUT2D eigenvalue weighted by atomic mass is 10.1. The van der Waals surface area contributed by atoms with Crippen molar-refractivity contribution in [2.75, 3.05) is 0 Å². The lowest BCUT2D eigenvalue weighted by Crippen LogP contribution is -2.05. The molecular formula is C16H16N2O3S. The normalized spacial score (nSPS) is 12.1. The Labute approximate surface area is 128 Å². The first-order chi connectivity index (χ1) is 10.4. The molecule has 0 unspecified atom stereocenters. The predicted octanol–water partition coefficient (Wildman–Crippen LogP) is 3.00. The number of phenolic OH excluding ortho intramolecular Hbond substituents is 1. The Morgan fingerprint density at radius 3 is 2.45 bits per heavy atom. The molecule has 5 nitrogen and oxygen atoms in total. The van der Waals surface area contributed by atoms with Gasteiger partial charge in [-0.25, -0.2) is 12.9 Å². The van der Waals surface area contributed by atoms with Gasteiger partial charge in [-0.05, 0) is 47.9 Å². The second-order valence-corrected chi connectivity index (χ2v) is 7.31. The monoisotopic (exact) mass is 316 g/mol. The first kappa shape index (κ1) is 14.6. The molecule has 3 rings (SSSR count). The van der Waals surface area contributed by atoms with Crippen molar-refractivity contribution in [3.05, 3.63) is 54.4 Å². The average molecular weight is 316 g/mol. The van der Waals surface area contributed by atoms with Gasteiger partial charge in [-0.2, -0.15) is 5.10 Å². The first-order valence-electron chi connectivity index (χ1n) is 6.91. The topological polar surface area (TPSA) is 71.7 Å². The molecule has 0 fully saturated rings. The van der Waals surface area contributed by atoms with Crippen LogP contribution in [0.25, 0.3) is 5.52 Å². The second-order valence-electron chi connectivity index (χ2n) is 5.42. The number of benzene rings is 1. The number of hydrogen-bond acceptors (Lipinski definition) is 4. The Morgan fingerprint density at radius 1 is 1.14 bits per heavy atom. The number of nitrogens with zero attached hydrogens (tertiary/aromatic N) is 2. The van der Waals surface area contributed by atoms with Crippen LogP contribution in [0, 0.1) is 0 Å². The van der Waals surface area contributed by atoms with Crippen LogP contribution in [0.4, 0.5) is 0 Å². The van der Waals surface area contributed by atoms with Crippen LogP contribution in [0.1, 0.15) is 25.3 Å². The molecule has 0 amide bonds. The molecule has 22 heavy (non-hydrogen) atoms. The number of sulfone groups is 1. The maximum Gasteiger partial charge on any atom is 0.209 e. The minimum absolute atomic E-state index is 0.0337. The number of fused-ring (bicyclic) bond motifs is 1. The van der Waals surface area contributed by atoms with Crippen LogP contribution in [0.3, 0.4) is 0 Å². The summed E-state index contributed by atoms with van der Waals surface area (Å²) in [5.74, 6) is 0.0787. The largest absolute Gasteiger partial charge is 0.508 e. The van der Waals surface area contributed by atoms with E-state index in [4.69, 9.17) is 0 Å². The van der Waals surface area contributed by atoms with Crippen molar-refractivity contribution in [3.8, 4) is 5.75 Å². The van der Waals surface area contributed by atoms with E-state index in [1.807, 2.05) is 13.8 Å². The molecule has 0 aliphatic rings.